The minimum atomic E-state index is -0.702. The molecule has 1 aromatic heterocycles. The number of carbonyl (C=O) groups is 2. The van der Waals surface area contributed by atoms with E-state index in [-0.39, 0.29) is 15.7 Å². The molecule has 0 aliphatic rings. The number of hydrogen-bond donors (Lipinski definition) is 1. The minimum Gasteiger partial charge on any atom is -0.452 e. The lowest BCUT2D eigenvalue weighted by atomic mass is 10.1. The van der Waals surface area contributed by atoms with E-state index in [1.54, 1.807) is 6.07 Å². The van der Waals surface area contributed by atoms with Crippen LogP contribution in [0.25, 0.3) is 0 Å². The smallest absolute Gasteiger partial charge is 0.340 e. The molecule has 0 fully saturated rings. The minimum absolute atomic E-state index is 0.0933. The van der Waals surface area contributed by atoms with Crippen LogP contribution in [0.2, 0.25) is 10.2 Å². The summed E-state index contributed by atoms with van der Waals surface area (Å²) >= 11 is 11.4. The van der Waals surface area contributed by atoms with Gasteiger partial charge in [-0.15, -0.1) is 0 Å². The van der Waals surface area contributed by atoms with Crippen molar-refractivity contribution in [2.45, 2.75) is 13.8 Å². The zero-order chi connectivity index (χ0) is 17.0. The van der Waals surface area contributed by atoms with Gasteiger partial charge in [0.25, 0.3) is 5.91 Å². The van der Waals surface area contributed by atoms with E-state index in [0.29, 0.717) is 5.69 Å². The van der Waals surface area contributed by atoms with Gasteiger partial charge in [0.15, 0.2) is 6.61 Å². The molecule has 5 nitrogen and oxygen atoms in total. The number of aromatic nitrogens is 1. The van der Waals surface area contributed by atoms with Gasteiger partial charge >= 0.3 is 5.97 Å². The maximum Gasteiger partial charge on any atom is 0.340 e. The Morgan fingerprint density at radius 1 is 1.22 bits per heavy atom. The molecule has 0 bridgehead atoms. The van der Waals surface area contributed by atoms with E-state index in [0.717, 1.165) is 11.1 Å². The van der Waals surface area contributed by atoms with Gasteiger partial charge in [-0.3, -0.25) is 4.79 Å². The fourth-order valence-electron chi connectivity index (χ4n) is 1.89. The predicted octanol–water partition coefficient (Wildman–Crippen LogP) is 3.80. The summed E-state index contributed by atoms with van der Waals surface area (Å²) in [6.45, 7) is 3.44. The number of aryl methyl sites for hydroxylation is 2. The lowest BCUT2D eigenvalue weighted by Crippen LogP contribution is -2.21. The molecule has 120 valence electrons. The van der Waals surface area contributed by atoms with Crippen LogP contribution in [0.15, 0.2) is 30.5 Å². The predicted molar refractivity (Wildman–Crippen MR) is 89.1 cm³/mol. The average Bonchev–Trinajstić information content (AvgIpc) is 2.50. The van der Waals surface area contributed by atoms with E-state index >= 15 is 0 Å². The Morgan fingerprint density at radius 2 is 1.96 bits per heavy atom. The molecule has 1 N–H and O–H groups in total. The number of anilines is 1. The van der Waals surface area contributed by atoms with E-state index in [1.807, 2.05) is 26.0 Å². The van der Waals surface area contributed by atoms with E-state index in [2.05, 4.69) is 10.3 Å². The number of nitrogens with zero attached hydrogens (tertiary/aromatic N) is 1. The summed E-state index contributed by atoms with van der Waals surface area (Å²) in [6, 6.07) is 6.97. The van der Waals surface area contributed by atoms with Crippen LogP contribution < -0.4 is 5.32 Å². The fourth-order valence-corrected chi connectivity index (χ4v) is 2.16. The summed E-state index contributed by atoms with van der Waals surface area (Å²) in [5.74, 6) is -1.13. The highest BCUT2D eigenvalue weighted by molar-refractivity contribution is 6.41. The summed E-state index contributed by atoms with van der Waals surface area (Å²) in [7, 11) is 0. The van der Waals surface area contributed by atoms with Crippen LogP contribution >= 0.6 is 23.2 Å². The van der Waals surface area contributed by atoms with Crippen LogP contribution in [0.3, 0.4) is 0 Å². The number of carbonyl (C=O) groups excluding carboxylic acids is 2. The molecule has 0 saturated carbocycles. The van der Waals surface area contributed by atoms with Crippen LogP contribution in [-0.4, -0.2) is 23.5 Å². The largest absolute Gasteiger partial charge is 0.452 e. The van der Waals surface area contributed by atoms with Crippen molar-refractivity contribution in [1.82, 2.24) is 4.98 Å². The Balaban J connectivity index is 1.93. The van der Waals surface area contributed by atoms with Gasteiger partial charge in [0.1, 0.15) is 5.15 Å². The van der Waals surface area contributed by atoms with Crippen molar-refractivity contribution < 1.29 is 14.3 Å². The monoisotopic (exact) mass is 352 g/mol. The Labute approximate surface area is 143 Å². The zero-order valence-corrected chi connectivity index (χ0v) is 14.0. The van der Waals surface area contributed by atoms with E-state index in [4.69, 9.17) is 27.9 Å². The number of pyridine rings is 1. The number of hydrogen-bond acceptors (Lipinski definition) is 4. The standard InChI is InChI=1S/C16H14Cl2N2O3/c1-9-3-4-13(10(2)5-9)20-14(21)8-23-16(22)11-6-12(17)15(18)19-7-11/h3-7H,8H2,1-2H3,(H,20,21). The zero-order valence-electron chi connectivity index (χ0n) is 12.5. The molecule has 0 unspecified atom stereocenters. The van der Waals surface area contributed by atoms with Gasteiger partial charge in [-0.2, -0.15) is 0 Å². The summed E-state index contributed by atoms with van der Waals surface area (Å²) in [5, 5.41) is 2.92. The topological polar surface area (TPSA) is 68.3 Å². The van der Waals surface area contributed by atoms with Gasteiger partial charge in [-0.05, 0) is 31.5 Å². The maximum atomic E-state index is 11.9. The molecule has 7 heteroatoms. The highest BCUT2D eigenvalue weighted by Gasteiger charge is 2.13. The van der Waals surface area contributed by atoms with Crippen LogP contribution in [0.5, 0.6) is 0 Å². The van der Waals surface area contributed by atoms with Gasteiger partial charge < -0.3 is 10.1 Å². The van der Waals surface area contributed by atoms with Crippen molar-refractivity contribution in [3.8, 4) is 0 Å². The summed E-state index contributed by atoms with van der Waals surface area (Å²) in [6.07, 6.45) is 1.23. The highest BCUT2D eigenvalue weighted by Crippen LogP contribution is 2.20. The van der Waals surface area contributed by atoms with Crippen LogP contribution in [0.4, 0.5) is 5.69 Å². The molecule has 2 rings (SSSR count). The second-order valence-electron chi connectivity index (χ2n) is 4.94. The molecular weight excluding hydrogens is 339 g/mol. The second kappa shape index (κ2) is 7.44. The van der Waals surface area contributed by atoms with Crippen molar-refractivity contribution in [2.24, 2.45) is 0 Å². The van der Waals surface area contributed by atoms with Crippen molar-refractivity contribution in [2.75, 3.05) is 11.9 Å². The third kappa shape index (κ3) is 4.68. The van der Waals surface area contributed by atoms with Gasteiger partial charge in [-0.1, -0.05) is 40.9 Å². The maximum absolute atomic E-state index is 11.9. The van der Waals surface area contributed by atoms with Crippen LogP contribution in [-0.2, 0) is 9.53 Å². The number of benzene rings is 1. The molecule has 0 saturated heterocycles. The fraction of sp³-hybridized carbons (Fsp3) is 0.188. The summed E-state index contributed by atoms with van der Waals surface area (Å²) in [4.78, 5) is 27.4. The van der Waals surface area contributed by atoms with E-state index in [1.165, 1.54) is 12.3 Å². The van der Waals surface area contributed by atoms with Crippen molar-refractivity contribution in [3.05, 3.63) is 57.3 Å². The quantitative estimate of drug-likeness (QED) is 0.671. The normalized spacial score (nSPS) is 10.3. The average molecular weight is 353 g/mol. The van der Waals surface area contributed by atoms with Gasteiger partial charge in [0, 0.05) is 11.9 Å². The molecule has 23 heavy (non-hydrogen) atoms. The molecule has 1 heterocycles. The molecule has 2 aromatic rings. The Bertz CT molecular complexity index is 763. The summed E-state index contributed by atoms with van der Waals surface area (Å²) < 4.78 is 4.93. The Hall–Kier alpha value is -2.11. The number of esters is 1. The number of halogens is 2. The van der Waals surface area contributed by atoms with Crippen molar-refractivity contribution in [3.63, 3.8) is 0 Å². The SMILES string of the molecule is Cc1ccc(NC(=O)COC(=O)c2cnc(Cl)c(Cl)c2)c(C)c1. The van der Waals surface area contributed by atoms with Crippen molar-refractivity contribution in [1.29, 1.82) is 0 Å². The van der Waals surface area contributed by atoms with Gasteiger partial charge in [-0.25, -0.2) is 9.78 Å². The van der Waals surface area contributed by atoms with Crippen molar-refractivity contribution >= 4 is 40.8 Å². The first-order valence-electron chi connectivity index (χ1n) is 6.72. The molecule has 0 aliphatic heterocycles. The van der Waals surface area contributed by atoms with E-state index in [9.17, 15) is 9.59 Å². The Morgan fingerprint density at radius 3 is 2.61 bits per heavy atom. The molecule has 0 spiro atoms. The van der Waals surface area contributed by atoms with E-state index < -0.39 is 18.5 Å². The van der Waals surface area contributed by atoms with Gasteiger partial charge in [0.2, 0.25) is 0 Å². The first-order chi connectivity index (χ1) is 10.9. The molecule has 0 aliphatic carbocycles. The Kier molecular flexibility index (Phi) is 5.58. The van der Waals surface area contributed by atoms with Crippen LogP contribution in [0, 0.1) is 13.8 Å². The third-order valence-electron chi connectivity index (χ3n) is 3.02. The molecule has 0 atom stereocenters. The number of nitrogens with one attached hydrogen (secondary N) is 1. The molecule has 0 radical (unpaired) electrons. The first-order valence-corrected chi connectivity index (χ1v) is 7.47. The second-order valence-corrected chi connectivity index (χ2v) is 5.70. The number of ether oxygens (including phenoxy) is 1. The number of rotatable bonds is 4. The molecular formula is C16H14Cl2N2O3. The van der Waals surface area contributed by atoms with Crippen LogP contribution in [0.1, 0.15) is 21.5 Å². The molecule has 1 amide bonds. The van der Waals surface area contributed by atoms with Gasteiger partial charge in [0.05, 0.1) is 10.6 Å². The first kappa shape index (κ1) is 17.2. The highest BCUT2D eigenvalue weighted by atomic mass is 35.5. The third-order valence-corrected chi connectivity index (χ3v) is 3.71. The lowest BCUT2D eigenvalue weighted by Gasteiger charge is -2.09. The lowest BCUT2D eigenvalue weighted by molar-refractivity contribution is -0.119. The molecule has 1 aromatic carbocycles. The number of amides is 1. The summed E-state index contributed by atoms with van der Waals surface area (Å²) in [5.41, 5.74) is 2.82.